The Balaban J connectivity index is 1.21. The number of fused-ring (bicyclic) bond motifs is 5. The SMILES string of the molecule is C[C@H](CCCC(c1cc(Cl)c(O)c(C(=O)O)c1)c1cc(Cl)c(O)c(C(=O)O)c1)[C@H]1CC[C@H]2[C@@H]3CC[C@@H]4CCCC[C@]4(C)[C@H]3CC[C@]12C. The van der Waals surface area contributed by atoms with Gasteiger partial charge in [-0.05, 0) is 140 Å². The van der Waals surface area contributed by atoms with Crippen LogP contribution in [0, 0.1) is 46.3 Å². The van der Waals surface area contributed by atoms with Gasteiger partial charge in [0.1, 0.15) is 22.6 Å². The molecule has 8 atom stereocenters. The number of halogens is 2. The van der Waals surface area contributed by atoms with Gasteiger partial charge in [0.05, 0.1) is 10.0 Å². The molecule has 6 nitrogen and oxygen atoms in total. The molecule has 4 fully saturated rings. The fraction of sp³-hybridized carbons (Fsp3) is 0.641. The van der Waals surface area contributed by atoms with Gasteiger partial charge in [-0.25, -0.2) is 9.59 Å². The van der Waals surface area contributed by atoms with Gasteiger partial charge in [0, 0.05) is 5.92 Å². The molecule has 0 unspecified atom stereocenters. The predicted molar refractivity (Wildman–Crippen MR) is 185 cm³/mol. The third kappa shape index (κ3) is 6.05. The van der Waals surface area contributed by atoms with Crippen LogP contribution in [0.1, 0.15) is 142 Å². The molecule has 0 aliphatic heterocycles. The van der Waals surface area contributed by atoms with Crippen LogP contribution in [-0.4, -0.2) is 32.4 Å². The number of carboxylic acid groups (broad SMARTS) is 2. The van der Waals surface area contributed by atoms with Crippen LogP contribution in [0.2, 0.25) is 10.0 Å². The molecular weight excluding hydrogens is 635 g/mol. The maximum absolute atomic E-state index is 11.9. The lowest BCUT2D eigenvalue weighted by molar-refractivity contribution is -0.114. The minimum Gasteiger partial charge on any atom is -0.505 e. The van der Waals surface area contributed by atoms with Gasteiger partial charge in [-0.1, -0.05) is 69.7 Å². The summed E-state index contributed by atoms with van der Waals surface area (Å²) >= 11 is 12.6. The summed E-state index contributed by atoms with van der Waals surface area (Å²) in [4.78, 5) is 23.9. The normalized spacial score (nSPS) is 32.3. The highest BCUT2D eigenvalue weighted by molar-refractivity contribution is 6.33. The van der Waals surface area contributed by atoms with Gasteiger partial charge in [0.15, 0.2) is 0 Å². The molecule has 2 aromatic carbocycles. The summed E-state index contributed by atoms with van der Waals surface area (Å²) in [7, 11) is 0. The number of aromatic carboxylic acids is 2. The average Bonchev–Trinajstić information content (AvgIpc) is 3.38. The van der Waals surface area contributed by atoms with E-state index in [0.717, 1.165) is 36.5 Å². The molecule has 4 aliphatic carbocycles. The van der Waals surface area contributed by atoms with E-state index < -0.39 is 29.4 Å². The average molecular weight is 686 g/mol. The molecule has 0 amide bonds. The van der Waals surface area contributed by atoms with Crippen molar-refractivity contribution in [2.24, 2.45) is 46.3 Å². The van der Waals surface area contributed by atoms with Gasteiger partial charge in [-0.3, -0.25) is 0 Å². The van der Waals surface area contributed by atoms with Gasteiger partial charge >= 0.3 is 11.9 Å². The van der Waals surface area contributed by atoms with E-state index in [2.05, 4.69) is 20.8 Å². The second kappa shape index (κ2) is 13.1. The summed E-state index contributed by atoms with van der Waals surface area (Å²) in [5.41, 5.74) is 1.37. The summed E-state index contributed by atoms with van der Waals surface area (Å²) in [6.07, 6.45) is 16.2. The summed E-state index contributed by atoms with van der Waals surface area (Å²) in [6.45, 7) is 7.64. The Morgan fingerprint density at radius 3 is 1.96 bits per heavy atom. The number of carbonyl (C=O) groups is 2. The van der Waals surface area contributed by atoms with Gasteiger partial charge in [0.25, 0.3) is 0 Å². The molecule has 0 radical (unpaired) electrons. The fourth-order valence-electron chi connectivity index (χ4n) is 11.6. The zero-order chi connectivity index (χ0) is 33.8. The number of carboxylic acids is 2. The first-order valence-electron chi connectivity index (χ1n) is 17.8. The summed E-state index contributed by atoms with van der Waals surface area (Å²) in [5, 5.41) is 40.0. The van der Waals surface area contributed by atoms with Crippen LogP contribution in [0.25, 0.3) is 0 Å². The van der Waals surface area contributed by atoms with Crippen molar-refractivity contribution in [2.75, 3.05) is 0 Å². The monoisotopic (exact) mass is 684 g/mol. The Morgan fingerprint density at radius 2 is 1.36 bits per heavy atom. The van der Waals surface area contributed by atoms with Crippen molar-refractivity contribution in [3.05, 3.63) is 56.6 Å². The fourth-order valence-corrected chi connectivity index (χ4v) is 12.1. The summed E-state index contributed by atoms with van der Waals surface area (Å²) < 4.78 is 0. The van der Waals surface area contributed by atoms with Gasteiger partial charge in [-0.15, -0.1) is 0 Å². The molecule has 0 aromatic heterocycles. The molecule has 0 spiro atoms. The Kier molecular flexibility index (Phi) is 9.61. The number of rotatable bonds is 9. The lowest BCUT2D eigenvalue weighted by Gasteiger charge is -2.61. The largest absolute Gasteiger partial charge is 0.505 e. The van der Waals surface area contributed by atoms with Crippen molar-refractivity contribution < 1.29 is 30.0 Å². The molecule has 4 N–H and O–H groups in total. The van der Waals surface area contributed by atoms with Crippen molar-refractivity contribution in [1.29, 1.82) is 0 Å². The smallest absolute Gasteiger partial charge is 0.339 e. The number of benzene rings is 2. The van der Waals surface area contributed by atoms with E-state index in [1.165, 1.54) is 76.3 Å². The van der Waals surface area contributed by atoms with Crippen LogP contribution in [0.3, 0.4) is 0 Å². The molecular formula is C39H50Cl2O6. The van der Waals surface area contributed by atoms with Crippen LogP contribution >= 0.6 is 23.2 Å². The standard InChI is InChI=1S/C39H50Cl2O6/c1-21(29-12-13-30-26-11-10-24-8-4-5-15-38(24,2)31(26)14-16-39(29,30)3)7-6-9-25(22-17-27(36(44)45)34(42)32(40)19-22)23-18-28(37(46)47)35(43)33(41)20-23/h17-21,24-26,29-31,42-43H,4-16H2,1-3H3,(H,44,45)(H,46,47)/t21-,24+,26+,29-,30+,31+,38+,39-/m1/s1. The van der Waals surface area contributed by atoms with E-state index in [1.54, 1.807) is 12.1 Å². The first kappa shape index (κ1) is 34.4. The first-order chi connectivity index (χ1) is 22.3. The van der Waals surface area contributed by atoms with Crippen molar-refractivity contribution in [2.45, 2.75) is 110 Å². The highest BCUT2D eigenvalue weighted by Gasteiger charge is 2.60. The molecule has 6 rings (SSSR count). The highest BCUT2D eigenvalue weighted by Crippen LogP contribution is 2.68. The number of hydrogen-bond acceptors (Lipinski definition) is 4. The van der Waals surface area contributed by atoms with Crippen LogP contribution in [-0.2, 0) is 0 Å². The Morgan fingerprint density at radius 1 is 0.766 bits per heavy atom. The molecule has 0 saturated heterocycles. The topological polar surface area (TPSA) is 115 Å². The maximum Gasteiger partial charge on any atom is 0.339 e. The maximum atomic E-state index is 11.9. The van der Waals surface area contributed by atoms with Crippen LogP contribution in [0.5, 0.6) is 11.5 Å². The number of aromatic hydroxyl groups is 2. The predicted octanol–water partition coefficient (Wildman–Crippen LogP) is 10.8. The minimum atomic E-state index is -1.31. The van der Waals surface area contributed by atoms with Crippen molar-refractivity contribution in [1.82, 2.24) is 0 Å². The van der Waals surface area contributed by atoms with Gasteiger partial charge in [0.2, 0.25) is 0 Å². The lowest BCUT2D eigenvalue weighted by atomic mass is 9.44. The van der Waals surface area contributed by atoms with E-state index in [-0.39, 0.29) is 21.2 Å². The minimum absolute atomic E-state index is 0.0850. The van der Waals surface area contributed by atoms with Crippen LogP contribution < -0.4 is 0 Å². The van der Waals surface area contributed by atoms with Gasteiger partial charge in [-0.2, -0.15) is 0 Å². The molecule has 256 valence electrons. The quantitative estimate of drug-likeness (QED) is 0.209. The Labute approximate surface area is 288 Å². The summed E-state index contributed by atoms with van der Waals surface area (Å²) in [6, 6.07) is 5.89. The molecule has 0 bridgehead atoms. The zero-order valence-electron chi connectivity index (χ0n) is 27.9. The third-order valence-electron chi connectivity index (χ3n) is 13.9. The van der Waals surface area contributed by atoms with Crippen molar-refractivity contribution in [3.63, 3.8) is 0 Å². The molecule has 4 saturated carbocycles. The molecule has 8 heteroatoms. The van der Waals surface area contributed by atoms with Crippen molar-refractivity contribution >= 4 is 35.1 Å². The van der Waals surface area contributed by atoms with Crippen molar-refractivity contribution in [3.8, 4) is 11.5 Å². The Bertz CT molecular complexity index is 1470. The lowest BCUT2D eigenvalue weighted by Crippen LogP contribution is -2.53. The third-order valence-corrected chi connectivity index (χ3v) is 14.5. The summed E-state index contributed by atoms with van der Waals surface area (Å²) in [5.74, 6) is 0.589. The first-order valence-corrected chi connectivity index (χ1v) is 18.5. The van der Waals surface area contributed by atoms with E-state index in [9.17, 15) is 30.0 Å². The van der Waals surface area contributed by atoms with Gasteiger partial charge < -0.3 is 20.4 Å². The molecule has 4 aliphatic rings. The highest BCUT2D eigenvalue weighted by atomic mass is 35.5. The molecule has 0 heterocycles. The van der Waals surface area contributed by atoms with E-state index in [0.29, 0.717) is 40.2 Å². The van der Waals surface area contributed by atoms with Crippen LogP contribution in [0.4, 0.5) is 0 Å². The second-order valence-electron chi connectivity index (χ2n) is 16.0. The number of hydrogen-bond donors (Lipinski definition) is 4. The number of phenols is 2. The molecule has 47 heavy (non-hydrogen) atoms. The Hall–Kier alpha value is -2.44. The van der Waals surface area contributed by atoms with E-state index >= 15 is 0 Å². The second-order valence-corrected chi connectivity index (χ2v) is 16.8. The molecule has 2 aromatic rings. The van der Waals surface area contributed by atoms with Crippen LogP contribution in [0.15, 0.2) is 24.3 Å². The zero-order valence-corrected chi connectivity index (χ0v) is 29.4. The van der Waals surface area contributed by atoms with E-state index in [4.69, 9.17) is 23.2 Å². The van der Waals surface area contributed by atoms with E-state index in [1.807, 2.05) is 0 Å².